The highest BCUT2D eigenvalue weighted by Gasteiger charge is 2.20. The van der Waals surface area contributed by atoms with Crippen molar-refractivity contribution >= 4 is 35.8 Å². The molecular weight excluding hydrogens is 437 g/mol. The number of aliphatic imine (C=N–C) groups is 1. The van der Waals surface area contributed by atoms with Crippen LogP contribution in [-0.4, -0.2) is 38.6 Å². The van der Waals surface area contributed by atoms with E-state index in [0.717, 1.165) is 23.9 Å². The van der Waals surface area contributed by atoms with E-state index in [4.69, 9.17) is 0 Å². The van der Waals surface area contributed by atoms with Gasteiger partial charge in [-0.15, -0.1) is 24.0 Å². The van der Waals surface area contributed by atoms with Crippen molar-refractivity contribution in [3.63, 3.8) is 0 Å². The first-order valence-corrected chi connectivity index (χ1v) is 8.55. The summed E-state index contributed by atoms with van der Waals surface area (Å²) in [6, 6.07) is 14.6. The molecular formula is C20H30IN5. The van der Waals surface area contributed by atoms with Crippen LogP contribution in [-0.2, 0) is 12.0 Å². The third-order valence-electron chi connectivity index (χ3n) is 4.21. The van der Waals surface area contributed by atoms with Gasteiger partial charge in [0.05, 0.1) is 0 Å². The normalized spacial score (nSPS) is 11.5. The minimum Gasteiger partial charge on any atom is -0.362 e. The second-order valence-corrected chi connectivity index (χ2v) is 6.91. The third kappa shape index (κ3) is 6.16. The first kappa shape index (κ1) is 22.2. The summed E-state index contributed by atoms with van der Waals surface area (Å²) in [5.41, 5.74) is 2.46. The Bertz CT molecular complexity index is 698. The van der Waals surface area contributed by atoms with E-state index in [9.17, 15) is 0 Å². The van der Waals surface area contributed by atoms with Gasteiger partial charge in [-0.25, -0.2) is 4.98 Å². The minimum atomic E-state index is 0. The molecule has 0 saturated heterocycles. The quantitative estimate of drug-likeness (QED) is 0.389. The van der Waals surface area contributed by atoms with Gasteiger partial charge in [0.2, 0.25) is 0 Å². The molecule has 0 aliphatic carbocycles. The fraction of sp³-hybridized carbons (Fsp3) is 0.400. The number of hydrogen-bond acceptors (Lipinski definition) is 3. The molecule has 0 aliphatic heterocycles. The molecule has 0 aliphatic rings. The molecule has 1 aromatic heterocycles. The monoisotopic (exact) mass is 467 g/mol. The highest BCUT2D eigenvalue weighted by molar-refractivity contribution is 14.0. The van der Waals surface area contributed by atoms with E-state index in [0.29, 0.717) is 6.54 Å². The highest BCUT2D eigenvalue weighted by atomic mass is 127. The minimum absolute atomic E-state index is 0. The lowest BCUT2D eigenvalue weighted by molar-refractivity contribution is 0.508. The molecule has 2 rings (SSSR count). The van der Waals surface area contributed by atoms with Gasteiger partial charge >= 0.3 is 0 Å². The summed E-state index contributed by atoms with van der Waals surface area (Å²) < 4.78 is 0. The van der Waals surface area contributed by atoms with Gasteiger partial charge in [0.15, 0.2) is 5.96 Å². The van der Waals surface area contributed by atoms with E-state index < -0.39 is 0 Å². The van der Waals surface area contributed by atoms with Crippen molar-refractivity contribution in [2.75, 3.05) is 32.6 Å². The Labute approximate surface area is 174 Å². The third-order valence-corrected chi connectivity index (χ3v) is 4.21. The van der Waals surface area contributed by atoms with Crippen LogP contribution in [0.1, 0.15) is 25.0 Å². The van der Waals surface area contributed by atoms with Crippen LogP contribution < -0.4 is 15.5 Å². The van der Waals surface area contributed by atoms with E-state index in [2.05, 4.69) is 64.8 Å². The lowest BCUT2D eigenvalue weighted by atomic mass is 9.85. The SMILES string of the molecule is CN=C(NCc1cccnc1N(C)C)NCC(C)(C)c1ccccc1.I. The predicted molar refractivity (Wildman–Crippen MR) is 122 cm³/mol. The van der Waals surface area contributed by atoms with Crippen molar-refractivity contribution in [3.8, 4) is 0 Å². The number of nitrogens with one attached hydrogen (secondary N) is 2. The molecule has 6 heteroatoms. The van der Waals surface area contributed by atoms with Crippen molar-refractivity contribution in [1.82, 2.24) is 15.6 Å². The van der Waals surface area contributed by atoms with Crippen molar-refractivity contribution in [2.45, 2.75) is 25.8 Å². The smallest absolute Gasteiger partial charge is 0.191 e. The Morgan fingerprint density at radius 1 is 1.08 bits per heavy atom. The molecule has 2 N–H and O–H groups in total. The second kappa shape index (κ2) is 10.4. The van der Waals surface area contributed by atoms with Gasteiger partial charge in [-0.05, 0) is 11.6 Å². The van der Waals surface area contributed by atoms with Crippen LogP contribution in [0.25, 0.3) is 0 Å². The molecule has 0 spiro atoms. The van der Waals surface area contributed by atoms with Gasteiger partial charge in [0, 0.05) is 51.4 Å². The zero-order valence-electron chi connectivity index (χ0n) is 16.3. The second-order valence-electron chi connectivity index (χ2n) is 6.91. The molecule has 0 saturated carbocycles. The van der Waals surface area contributed by atoms with Crippen LogP contribution in [0.15, 0.2) is 53.7 Å². The first-order valence-electron chi connectivity index (χ1n) is 8.55. The number of halogens is 1. The Morgan fingerprint density at radius 2 is 1.77 bits per heavy atom. The molecule has 0 unspecified atom stereocenters. The van der Waals surface area contributed by atoms with Crippen molar-refractivity contribution < 1.29 is 0 Å². The number of anilines is 1. The van der Waals surface area contributed by atoms with Gasteiger partial charge in [-0.2, -0.15) is 0 Å². The van der Waals surface area contributed by atoms with Crippen LogP contribution in [0.4, 0.5) is 5.82 Å². The summed E-state index contributed by atoms with van der Waals surface area (Å²) in [7, 11) is 5.80. The molecule has 142 valence electrons. The fourth-order valence-electron chi connectivity index (χ4n) is 2.67. The van der Waals surface area contributed by atoms with Crippen LogP contribution in [0.3, 0.4) is 0 Å². The summed E-state index contributed by atoms with van der Waals surface area (Å²) in [5, 5.41) is 6.81. The lowest BCUT2D eigenvalue weighted by Crippen LogP contribution is -2.43. The zero-order chi connectivity index (χ0) is 18.3. The predicted octanol–water partition coefficient (Wildman–Crippen LogP) is 3.41. The van der Waals surface area contributed by atoms with E-state index in [1.165, 1.54) is 5.56 Å². The Kier molecular flexibility index (Phi) is 8.84. The Hall–Kier alpha value is -1.83. The van der Waals surface area contributed by atoms with Gasteiger partial charge in [0.25, 0.3) is 0 Å². The number of guanidine groups is 1. The van der Waals surface area contributed by atoms with E-state index in [1.54, 1.807) is 7.05 Å². The van der Waals surface area contributed by atoms with Gasteiger partial charge < -0.3 is 15.5 Å². The lowest BCUT2D eigenvalue weighted by Gasteiger charge is -2.27. The molecule has 1 heterocycles. The standard InChI is InChI=1S/C20H29N5.HI/c1-20(2,17-11-7-6-8-12-17)15-24-19(21-3)23-14-16-10-9-13-22-18(16)25(4)5;/h6-13H,14-15H2,1-5H3,(H2,21,23,24);1H. The largest absolute Gasteiger partial charge is 0.362 e. The van der Waals surface area contributed by atoms with Gasteiger partial charge in [-0.3, -0.25) is 4.99 Å². The van der Waals surface area contributed by atoms with E-state index >= 15 is 0 Å². The van der Waals surface area contributed by atoms with E-state index in [1.807, 2.05) is 37.3 Å². The van der Waals surface area contributed by atoms with Crippen molar-refractivity contribution in [2.24, 2.45) is 4.99 Å². The fourth-order valence-corrected chi connectivity index (χ4v) is 2.67. The summed E-state index contributed by atoms with van der Waals surface area (Å²) in [4.78, 5) is 10.8. The topological polar surface area (TPSA) is 52.6 Å². The first-order chi connectivity index (χ1) is 11.9. The van der Waals surface area contributed by atoms with E-state index in [-0.39, 0.29) is 29.4 Å². The number of benzene rings is 1. The number of rotatable bonds is 6. The summed E-state index contributed by atoms with van der Waals surface area (Å²) in [6.07, 6.45) is 1.81. The van der Waals surface area contributed by atoms with Gasteiger partial charge in [-0.1, -0.05) is 50.2 Å². The average molecular weight is 467 g/mol. The van der Waals surface area contributed by atoms with Crippen molar-refractivity contribution in [3.05, 3.63) is 59.8 Å². The number of pyridine rings is 1. The molecule has 0 bridgehead atoms. The molecule has 26 heavy (non-hydrogen) atoms. The molecule has 0 atom stereocenters. The highest BCUT2D eigenvalue weighted by Crippen LogP contribution is 2.21. The molecule has 0 radical (unpaired) electrons. The van der Waals surface area contributed by atoms with Crippen LogP contribution in [0, 0.1) is 0 Å². The number of hydrogen-bond donors (Lipinski definition) is 2. The number of nitrogens with zero attached hydrogens (tertiary/aromatic N) is 3. The summed E-state index contributed by atoms with van der Waals surface area (Å²) in [6.45, 7) is 5.93. The summed E-state index contributed by atoms with van der Waals surface area (Å²) >= 11 is 0. The zero-order valence-corrected chi connectivity index (χ0v) is 18.6. The number of aromatic nitrogens is 1. The average Bonchev–Trinajstić information content (AvgIpc) is 2.62. The molecule has 0 fully saturated rings. The Balaban J connectivity index is 0.00000338. The van der Waals surface area contributed by atoms with Crippen LogP contribution >= 0.6 is 24.0 Å². The molecule has 1 aromatic carbocycles. The molecule has 5 nitrogen and oxygen atoms in total. The van der Waals surface area contributed by atoms with Crippen LogP contribution in [0.2, 0.25) is 0 Å². The van der Waals surface area contributed by atoms with Gasteiger partial charge in [0.1, 0.15) is 5.82 Å². The Morgan fingerprint density at radius 3 is 2.38 bits per heavy atom. The maximum absolute atomic E-state index is 4.43. The van der Waals surface area contributed by atoms with Crippen LogP contribution in [0.5, 0.6) is 0 Å². The maximum Gasteiger partial charge on any atom is 0.191 e. The van der Waals surface area contributed by atoms with Crippen molar-refractivity contribution in [1.29, 1.82) is 0 Å². The maximum atomic E-state index is 4.43. The molecule has 2 aromatic rings. The molecule has 0 amide bonds. The summed E-state index contributed by atoms with van der Waals surface area (Å²) in [5.74, 6) is 1.76.